The van der Waals surface area contributed by atoms with Crippen LogP contribution >= 0.6 is 0 Å². The van der Waals surface area contributed by atoms with E-state index in [2.05, 4.69) is 6.07 Å². The van der Waals surface area contributed by atoms with E-state index in [1.54, 1.807) is 0 Å². The van der Waals surface area contributed by atoms with Crippen molar-refractivity contribution in [2.24, 2.45) is 14.1 Å². The van der Waals surface area contributed by atoms with Crippen molar-refractivity contribution < 1.29 is 4.79 Å². The first-order valence-electron chi connectivity index (χ1n) is 8.12. The van der Waals surface area contributed by atoms with Gasteiger partial charge in [-0.1, -0.05) is 36.8 Å². The minimum atomic E-state index is -0.655. The summed E-state index contributed by atoms with van der Waals surface area (Å²) < 4.78 is 2.02. The zero-order valence-corrected chi connectivity index (χ0v) is 15.1. The van der Waals surface area contributed by atoms with Crippen molar-refractivity contribution in [3.05, 3.63) is 61.8 Å². The molecule has 134 valence electrons. The molecule has 0 spiro atoms. The van der Waals surface area contributed by atoms with Crippen molar-refractivity contribution in [1.29, 1.82) is 0 Å². The van der Waals surface area contributed by atoms with Crippen LogP contribution in [0.15, 0.2) is 33.9 Å². The zero-order chi connectivity index (χ0) is 18.7. The highest BCUT2D eigenvalue weighted by molar-refractivity contribution is 6.01. The summed E-state index contributed by atoms with van der Waals surface area (Å²) in [5.74, 6) is -0.479. The van der Waals surface area contributed by atoms with Crippen LogP contribution in [0.25, 0.3) is 0 Å². The third kappa shape index (κ3) is 3.88. The molecule has 2 rings (SSSR count). The van der Waals surface area contributed by atoms with Gasteiger partial charge in [-0.3, -0.25) is 23.6 Å². The number of hydrogen-bond donors (Lipinski definition) is 1. The summed E-state index contributed by atoms with van der Waals surface area (Å²) in [6.07, 6.45) is 0. The average Bonchev–Trinajstić information content (AvgIpc) is 2.58. The Morgan fingerprint density at radius 2 is 1.88 bits per heavy atom. The van der Waals surface area contributed by atoms with Gasteiger partial charge in [-0.05, 0) is 19.0 Å². The van der Waals surface area contributed by atoms with Crippen molar-refractivity contribution >= 4 is 11.6 Å². The van der Waals surface area contributed by atoms with E-state index in [4.69, 9.17) is 5.73 Å². The number of Topliss-reactive ketones (excluding diaryl/α,β-unsaturated/α-hetero) is 1. The second-order valence-corrected chi connectivity index (χ2v) is 6.18. The zero-order valence-electron chi connectivity index (χ0n) is 15.1. The summed E-state index contributed by atoms with van der Waals surface area (Å²) >= 11 is 0. The number of ketones is 1. The number of aromatic nitrogens is 2. The van der Waals surface area contributed by atoms with Gasteiger partial charge in [-0.2, -0.15) is 0 Å². The molecule has 0 saturated heterocycles. The van der Waals surface area contributed by atoms with Crippen LogP contribution in [0.4, 0.5) is 5.82 Å². The summed E-state index contributed by atoms with van der Waals surface area (Å²) in [6.45, 7) is 5.26. The summed E-state index contributed by atoms with van der Waals surface area (Å²) in [4.78, 5) is 38.8. The Hall–Kier alpha value is -2.67. The first-order chi connectivity index (χ1) is 11.8. The Morgan fingerprint density at radius 3 is 2.48 bits per heavy atom. The number of nitrogens with two attached hydrogens (primary N) is 1. The summed E-state index contributed by atoms with van der Waals surface area (Å²) in [5.41, 5.74) is 6.76. The van der Waals surface area contributed by atoms with E-state index in [0.29, 0.717) is 13.1 Å². The highest BCUT2D eigenvalue weighted by Gasteiger charge is 2.21. The van der Waals surface area contributed by atoms with Crippen LogP contribution in [-0.4, -0.2) is 32.9 Å². The monoisotopic (exact) mass is 344 g/mol. The molecule has 0 unspecified atom stereocenters. The number of hydrogen-bond acceptors (Lipinski definition) is 5. The quantitative estimate of drug-likeness (QED) is 0.778. The van der Waals surface area contributed by atoms with Gasteiger partial charge in [0.2, 0.25) is 0 Å². The second kappa shape index (κ2) is 7.48. The van der Waals surface area contributed by atoms with E-state index in [1.165, 1.54) is 14.1 Å². The predicted octanol–water partition coefficient (Wildman–Crippen LogP) is 0.679. The van der Waals surface area contributed by atoms with Crippen LogP contribution in [0.1, 0.15) is 28.4 Å². The molecule has 1 aromatic heterocycles. The van der Waals surface area contributed by atoms with Crippen LogP contribution in [0.2, 0.25) is 0 Å². The molecule has 0 radical (unpaired) electrons. The SMILES string of the molecule is CCN(CC(=O)c1c(N)n(C)c(=O)n(C)c1=O)Cc1cccc(C)c1. The predicted molar refractivity (Wildman–Crippen MR) is 97.8 cm³/mol. The van der Waals surface area contributed by atoms with Gasteiger partial charge in [0.25, 0.3) is 5.56 Å². The van der Waals surface area contributed by atoms with Crippen LogP contribution in [-0.2, 0) is 20.6 Å². The Morgan fingerprint density at radius 1 is 1.20 bits per heavy atom. The van der Waals surface area contributed by atoms with Crippen molar-refractivity contribution in [1.82, 2.24) is 14.0 Å². The van der Waals surface area contributed by atoms with Gasteiger partial charge in [0.05, 0.1) is 6.54 Å². The van der Waals surface area contributed by atoms with Gasteiger partial charge < -0.3 is 5.73 Å². The van der Waals surface area contributed by atoms with E-state index < -0.39 is 11.2 Å². The molecule has 0 bridgehead atoms. The maximum Gasteiger partial charge on any atom is 0.332 e. The molecule has 1 aromatic carbocycles. The van der Waals surface area contributed by atoms with Crippen molar-refractivity contribution in [3.8, 4) is 0 Å². The van der Waals surface area contributed by atoms with Crippen LogP contribution in [0, 0.1) is 6.92 Å². The van der Waals surface area contributed by atoms with E-state index in [9.17, 15) is 14.4 Å². The van der Waals surface area contributed by atoms with E-state index >= 15 is 0 Å². The third-order valence-corrected chi connectivity index (χ3v) is 4.29. The molecule has 0 fully saturated rings. The normalized spacial score (nSPS) is 11.1. The molecule has 0 aliphatic rings. The van der Waals surface area contributed by atoms with Crippen LogP contribution in [0.5, 0.6) is 0 Å². The molecule has 7 heteroatoms. The summed E-state index contributed by atoms with van der Waals surface area (Å²) in [5, 5.41) is 0. The summed E-state index contributed by atoms with van der Waals surface area (Å²) in [7, 11) is 2.78. The molecule has 2 N–H and O–H groups in total. The van der Waals surface area contributed by atoms with Crippen molar-refractivity contribution in [3.63, 3.8) is 0 Å². The molecular weight excluding hydrogens is 320 g/mol. The smallest absolute Gasteiger partial charge is 0.332 e. The number of aryl methyl sites for hydroxylation is 1. The standard InChI is InChI=1S/C18H24N4O3/c1-5-22(10-13-8-6-7-12(2)9-13)11-14(23)15-16(19)20(3)18(25)21(4)17(15)24/h6-9H,5,10-11,19H2,1-4H3. The van der Waals surface area contributed by atoms with Crippen molar-refractivity contribution in [2.45, 2.75) is 20.4 Å². The Labute approximate surface area is 146 Å². The number of benzene rings is 1. The first kappa shape index (κ1) is 18.7. The molecule has 0 atom stereocenters. The molecule has 0 amide bonds. The number of anilines is 1. The maximum atomic E-state index is 12.7. The highest BCUT2D eigenvalue weighted by atomic mass is 16.2. The van der Waals surface area contributed by atoms with Crippen LogP contribution in [0.3, 0.4) is 0 Å². The fourth-order valence-electron chi connectivity index (χ4n) is 2.75. The Bertz CT molecular complexity index is 912. The fraction of sp³-hybridized carbons (Fsp3) is 0.389. The lowest BCUT2D eigenvalue weighted by atomic mass is 10.1. The third-order valence-electron chi connectivity index (χ3n) is 4.29. The molecule has 1 heterocycles. The van der Waals surface area contributed by atoms with E-state index in [1.807, 2.05) is 36.9 Å². The highest BCUT2D eigenvalue weighted by Crippen LogP contribution is 2.10. The summed E-state index contributed by atoms with van der Waals surface area (Å²) in [6, 6.07) is 8.05. The van der Waals surface area contributed by atoms with Gasteiger partial charge >= 0.3 is 5.69 Å². The number of nitrogens with zero attached hydrogens (tertiary/aromatic N) is 3. The van der Waals surface area contributed by atoms with Gasteiger partial charge in [-0.15, -0.1) is 0 Å². The first-order valence-corrected chi connectivity index (χ1v) is 8.12. The largest absolute Gasteiger partial charge is 0.384 e. The van der Waals surface area contributed by atoms with E-state index in [-0.39, 0.29) is 23.7 Å². The van der Waals surface area contributed by atoms with Gasteiger partial charge in [0.15, 0.2) is 5.78 Å². The van der Waals surface area contributed by atoms with E-state index in [0.717, 1.165) is 20.3 Å². The lowest BCUT2D eigenvalue weighted by Gasteiger charge is -2.20. The molecule has 0 aliphatic carbocycles. The molecular formula is C18H24N4O3. The molecule has 25 heavy (non-hydrogen) atoms. The molecule has 2 aromatic rings. The Balaban J connectivity index is 2.29. The van der Waals surface area contributed by atoms with Crippen molar-refractivity contribution in [2.75, 3.05) is 18.8 Å². The maximum absolute atomic E-state index is 12.7. The number of carbonyl (C=O) groups excluding carboxylic acids is 1. The molecule has 0 aliphatic heterocycles. The molecule has 7 nitrogen and oxygen atoms in total. The minimum Gasteiger partial charge on any atom is -0.384 e. The fourth-order valence-corrected chi connectivity index (χ4v) is 2.75. The number of carbonyl (C=O) groups is 1. The lowest BCUT2D eigenvalue weighted by molar-refractivity contribution is 0.0927. The number of likely N-dealkylation sites (N-methyl/N-ethyl adjacent to an activating group) is 1. The van der Waals surface area contributed by atoms with Gasteiger partial charge in [0, 0.05) is 20.6 Å². The Kier molecular flexibility index (Phi) is 5.58. The molecule has 0 saturated carbocycles. The van der Waals surface area contributed by atoms with Gasteiger partial charge in [0.1, 0.15) is 11.4 Å². The van der Waals surface area contributed by atoms with Crippen LogP contribution < -0.4 is 17.0 Å². The second-order valence-electron chi connectivity index (χ2n) is 6.18. The van der Waals surface area contributed by atoms with Gasteiger partial charge in [-0.25, -0.2) is 4.79 Å². The topological polar surface area (TPSA) is 90.3 Å². The lowest BCUT2D eigenvalue weighted by Crippen LogP contribution is -2.43. The number of nitrogen functional groups attached to an aromatic ring is 1. The number of rotatable bonds is 6. The minimum absolute atomic E-state index is 0.0576. The average molecular weight is 344 g/mol.